The van der Waals surface area contributed by atoms with Crippen LogP contribution in [0.4, 0.5) is 0 Å². The van der Waals surface area contributed by atoms with E-state index in [4.69, 9.17) is 23.2 Å². The molecule has 0 spiro atoms. The molecule has 3 heteroatoms. The highest BCUT2D eigenvalue weighted by Gasteiger charge is 2.25. The van der Waals surface area contributed by atoms with Crippen LogP contribution in [0.1, 0.15) is 38.7 Å². The number of nitrogens with zero attached hydrogens (tertiary/aromatic N) is 1. The molecule has 2 unspecified atom stereocenters. The number of likely N-dealkylation sites (tertiary alicyclic amines) is 1. The summed E-state index contributed by atoms with van der Waals surface area (Å²) in [5.74, 6) is 1.92. The largest absolute Gasteiger partial charge is 0.306 e. The van der Waals surface area contributed by atoms with Gasteiger partial charge in [-0.25, -0.2) is 0 Å². The number of hydrogen-bond donors (Lipinski definition) is 0. The van der Waals surface area contributed by atoms with Gasteiger partial charge in [0.05, 0.1) is 10.0 Å². The number of unbranched alkanes of at least 4 members (excludes halogenated alkanes) is 1. The summed E-state index contributed by atoms with van der Waals surface area (Å²) in [4.78, 5) is 2.46. The molecular weight excluding hydrogens is 289 g/mol. The molecular formula is C17H27Cl2N. The Labute approximate surface area is 134 Å². The van der Waals surface area contributed by atoms with Crippen molar-refractivity contribution in [3.8, 4) is 0 Å². The Morgan fingerprint density at radius 3 is 2.35 bits per heavy atom. The molecule has 1 heterocycles. The van der Waals surface area contributed by atoms with Gasteiger partial charge in [0, 0.05) is 13.1 Å². The van der Waals surface area contributed by atoms with Crippen LogP contribution in [0.5, 0.6) is 0 Å². The van der Waals surface area contributed by atoms with Crippen molar-refractivity contribution in [1.82, 2.24) is 4.90 Å². The highest BCUT2D eigenvalue weighted by Crippen LogP contribution is 2.26. The van der Waals surface area contributed by atoms with Gasteiger partial charge in [-0.15, -0.1) is 0 Å². The van der Waals surface area contributed by atoms with E-state index in [1.54, 1.807) is 6.07 Å². The Bertz CT molecular complexity index is 406. The van der Waals surface area contributed by atoms with Gasteiger partial charge in [-0.3, -0.25) is 0 Å². The minimum atomic E-state index is 0.613. The molecule has 20 heavy (non-hydrogen) atoms. The van der Waals surface area contributed by atoms with Gasteiger partial charge in [-0.05, 0) is 49.9 Å². The molecule has 1 saturated heterocycles. The first-order chi connectivity index (χ1) is 9.43. The van der Waals surface area contributed by atoms with Crippen LogP contribution in [-0.4, -0.2) is 25.0 Å². The molecule has 1 aliphatic rings. The van der Waals surface area contributed by atoms with Crippen LogP contribution in [0.3, 0.4) is 0 Å². The van der Waals surface area contributed by atoms with Crippen LogP contribution in [0.2, 0.25) is 10.0 Å². The minimum absolute atomic E-state index is 0.613. The molecule has 1 aromatic carbocycles. The van der Waals surface area contributed by atoms with E-state index >= 15 is 0 Å². The van der Waals surface area contributed by atoms with E-state index in [9.17, 15) is 0 Å². The Morgan fingerprint density at radius 1 is 1.20 bits per heavy atom. The topological polar surface area (TPSA) is 3.24 Å². The second-order valence-corrected chi connectivity index (χ2v) is 6.83. The molecule has 0 amide bonds. The fourth-order valence-electron chi connectivity index (χ4n) is 2.74. The minimum Gasteiger partial charge on any atom is -0.306 e. The first-order valence-corrected chi connectivity index (χ1v) is 8.29. The second kappa shape index (κ2) is 8.92. The molecule has 0 aliphatic carbocycles. The lowest BCUT2D eigenvalue weighted by Crippen LogP contribution is -2.13. The summed E-state index contributed by atoms with van der Waals surface area (Å²) in [7, 11) is 2.24. The summed E-state index contributed by atoms with van der Waals surface area (Å²) >= 11 is 11.3. The fourth-order valence-corrected chi connectivity index (χ4v) is 3.09. The zero-order valence-electron chi connectivity index (χ0n) is 13.1. The third kappa shape index (κ3) is 6.03. The molecule has 0 N–H and O–H groups in total. The Morgan fingerprint density at radius 2 is 1.90 bits per heavy atom. The van der Waals surface area contributed by atoms with E-state index < -0.39 is 0 Å². The van der Waals surface area contributed by atoms with Gasteiger partial charge in [0.25, 0.3) is 0 Å². The average molecular weight is 316 g/mol. The molecule has 0 bridgehead atoms. The monoisotopic (exact) mass is 315 g/mol. The van der Waals surface area contributed by atoms with Gasteiger partial charge in [0.1, 0.15) is 0 Å². The summed E-state index contributed by atoms with van der Waals surface area (Å²) in [6, 6.07) is 5.55. The van der Waals surface area contributed by atoms with Gasteiger partial charge in [0.2, 0.25) is 0 Å². The summed E-state index contributed by atoms with van der Waals surface area (Å²) in [6.45, 7) is 9.30. The lowest BCUT2D eigenvalue weighted by atomic mass is 9.93. The van der Waals surface area contributed by atoms with Gasteiger partial charge >= 0.3 is 0 Å². The average Bonchev–Trinajstić information content (AvgIpc) is 2.71. The standard InChI is InChI=1S/C10H21N.C7H6Cl2/c1-4-5-6-10-8-11(3)7-9(10)2;1-5-2-3-6(8)7(9)4-5/h9-10H,4-8H2,1-3H3;2-4H,1H3. The van der Waals surface area contributed by atoms with Crippen molar-refractivity contribution < 1.29 is 0 Å². The zero-order valence-corrected chi connectivity index (χ0v) is 14.6. The quantitative estimate of drug-likeness (QED) is 0.694. The van der Waals surface area contributed by atoms with Crippen LogP contribution in [-0.2, 0) is 0 Å². The first-order valence-electron chi connectivity index (χ1n) is 7.54. The van der Waals surface area contributed by atoms with Crippen molar-refractivity contribution in [2.45, 2.75) is 40.0 Å². The SMILES string of the molecule is CCCCC1CN(C)CC1C.Cc1ccc(Cl)c(Cl)c1. The van der Waals surface area contributed by atoms with E-state index in [1.165, 1.54) is 32.4 Å². The number of benzene rings is 1. The Hall–Kier alpha value is -0.240. The highest BCUT2D eigenvalue weighted by molar-refractivity contribution is 6.41. The number of hydrogen-bond acceptors (Lipinski definition) is 1. The zero-order chi connectivity index (χ0) is 15.1. The smallest absolute Gasteiger partial charge is 0.0594 e. The van der Waals surface area contributed by atoms with Gasteiger partial charge in [-0.2, -0.15) is 0 Å². The molecule has 1 nitrogen and oxygen atoms in total. The predicted octanol–water partition coefficient (Wildman–Crippen LogP) is 5.68. The molecule has 1 fully saturated rings. The van der Waals surface area contributed by atoms with Crippen molar-refractivity contribution in [2.75, 3.05) is 20.1 Å². The van der Waals surface area contributed by atoms with Gasteiger partial charge in [0.15, 0.2) is 0 Å². The van der Waals surface area contributed by atoms with Crippen LogP contribution < -0.4 is 0 Å². The third-order valence-corrected chi connectivity index (χ3v) is 4.69. The summed E-state index contributed by atoms with van der Waals surface area (Å²) < 4.78 is 0. The second-order valence-electron chi connectivity index (χ2n) is 6.02. The maximum Gasteiger partial charge on any atom is 0.0594 e. The maximum absolute atomic E-state index is 5.68. The van der Waals surface area contributed by atoms with Crippen molar-refractivity contribution in [1.29, 1.82) is 0 Å². The molecule has 0 saturated carbocycles. The van der Waals surface area contributed by atoms with Gasteiger partial charge in [-0.1, -0.05) is 56.0 Å². The molecule has 114 valence electrons. The highest BCUT2D eigenvalue weighted by atomic mass is 35.5. The van der Waals surface area contributed by atoms with Crippen LogP contribution >= 0.6 is 23.2 Å². The molecule has 2 atom stereocenters. The fraction of sp³-hybridized carbons (Fsp3) is 0.647. The van der Waals surface area contributed by atoms with E-state index in [0.717, 1.165) is 17.4 Å². The molecule has 1 aromatic rings. The van der Waals surface area contributed by atoms with Crippen LogP contribution in [0.25, 0.3) is 0 Å². The number of rotatable bonds is 3. The van der Waals surface area contributed by atoms with Crippen LogP contribution in [0.15, 0.2) is 18.2 Å². The van der Waals surface area contributed by atoms with Crippen molar-refractivity contribution in [3.63, 3.8) is 0 Å². The van der Waals surface area contributed by atoms with Crippen molar-refractivity contribution in [3.05, 3.63) is 33.8 Å². The van der Waals surface area contributed by atoms with E-state index in [0.29, 0.717) is 10.0 Å². The summed E-state index contributed by atoms with van der Waals surface area (Å²) in [5, 5.41) is 1.24. The Kier molecular flexibility index (Phi) is 7.94. The molecule has 2 rings (SSSR count). The number of halogens is 2. The summed E-state index contributed by atoms with van der Waals surface area (Å²) in [5.41, 5.74) is 1.13. The van der Waals surface area contributed by atoms with Crippen molar-refractivity contribution in [2.24, 2.45) is 11.8 Å². The maximum atomic E-state index is 5.68. The predicted molar refractivity (Wildman–Crippen MR) is 90.9 cm³/mol. The normalized spacial score (nSPS) is 22.5. The third-order valence-electron chi connectivity index (χ3n) is 3.95. The molecule has 0 radical (unpaired) electrons. The van der Waals surface area contributed by atoms with E-state index in [2.05, 4.69) is 25.8 Å². The lowest BCUT2D eigenvalue weighted by molar-refractivity contribution is 0.382. The Balaban J connectivity index is 0.000000204. The first kappa shape index (κ1) is 17.8. The van der Waals surface area contributed by atoms with E-state index in [-0.39, 0.29) is 0 Å². The van der Waals surface area contributed by atoms with Crippen LogP contribution in [0, 0.1) is 18.8 Å². The summed E-state index contributed by atoms with van der Waals surface area (Å²) in [6.07, 6.45) is 4.22. The van der Waals surface area contributed by atoms with Gasteiger partial charge < -0.3 is 4.90 Å². The molecule has 0 aromatic heterocycles. The van der Waals surface area contributed by atoms with E-state index in [1.807, 2.05) is 19.1 Å². The van der Waals surface area contributed by atoms with Crippen molar-refractivity contribution >= 4 is 23.2 Å². The molecule has 1 aliphatic heterocycles. The number of aryl methyl sites for hydroxylation is 1. The lowest BCUT2D eigenvalue weighted by Gasteiger charge is -2.12.